The fourth-order valence-corrected chi connectivity index (χ4v) is 11.0. The highest BCUT2D eigenvalue weighted by molar-refractivity contribution is 6.16. The summed E-state index contributed by atoms with van der Waals surface area (Å²) in [6, 6.07) is 73.7. The Morgan fingerprint density at radius 1 is 0.397 bits per heavy atom. The number of rotatable bonds is 7. The molecule has 0 saturated carbocycles. The molecule has 9 aromatic carbocycles. The van der Waals surface area contributed by atoms with Gasteiger partial charge in [0.2, 0.25) is 0 Å². The molecule has 1 aromatic heterocycles. The van der Waals surface area contributed by atoms with E-state index in [1.807, 2.05) is 0 Å². The molecule has 2 aliphatic rings. The van der Waals surface area contributed by atoms with Crippen LogP contribution in [0.15, 0.2) is 205 Å². The summed E-state index contributed by atoms with van der Waals surface area (Å²) < 4.78 is 6.72. The van der Waals surface area contributed by atoms with Gasteiger partial charge >= 0.3 is 0 Å². The number of benzene rings is 9. The number of hydrogen-bond acceptors (Lipinski definition) is 2. The second-order valence-electron chi connectivity index (χ2n) is 18.2. The SMILES string of the molecule is CCC1(C)c2ccccc2-c2c1ccc1oc3ccc(N(c4ccc(-c5ccc(-c6ccccc6)cc5)c(-c5ccccc5)c4)c4ccc5c(c4)C(C)(C)c4ccccc4-5)cc3c21. The zero-order valence-corrected chi connectivity index (χ0v) is 36.1. The Kier molecular flexibility index (Phi) is 8.33. The van der Waals surface area contributed by atoms with E-state index in [1.165, 1.54) is 83.3 Å². The number of nitrogens with zero attached hydrogens (tertiary/aromatic N) is 1. The van der Waals surface area contributed by atoms with Crippen LogP contribution in [0, 0.1) is 0 Å². The largest absolute Gasteiger partial charge is 0.456 e. The van der Waals surface area contributed by atoms with Gasteiger partial charge in [0.05, 0.1) is 0 Å². The van der Waals surface area contributed by atoms with Gasteiger partial charge in [0.15, 0.2) is 0 Å². The lowest BCUT2D eigenvalue weighted by molar-refractivity contribution is 0.564. The lowest BCUT2D eigenvalue weighted by Gasteiger charge is -2.29. The summed E-state index contributed by atoms with van der Waals surface area (Å²) in [5, 5.41) is 2.32. The van der Waals surface area contributed by atoms with E-state index in [4.69, 9.17) is 4.42 Å². The number of anilines is 3. The van der Waals surface area contributed by atoms with Crippen LogP contribution in [-0.4, -0.2) is 0 Å². The highest BCUT2D eigenvalue weighted by Crippen LogP contribution is 2.55. The molecule has 0 fully saturated rings. The summed E-state index contributed by atoms with van der Waals surface area (Å²) >= 11 is 0. The van der Waals surface area contributed by atoms with Crippen LogP contribution in [0.4, 0.5) is 17.1 Å². The van der Waals surface area contributed by atoms with Crippen LogP contribution in [0.3, 0.4) is 0 Å². The Balaban J connectivity index is 1.08. The zero-order valence-electron chi connectivity index (χ0n) is 36.1. The molecule has 12 rings (SSSR count). The predicted molar refractivity (Wildman–Crippen MR) is 264 cm³/mol. The molecule has 302 valence electrons. The highest BCUT2D eigenvalue weighted by atomic mass is 16.3. The minimum absolute atomic E-state index is 0.0698. The van der Waals surface area contributed by atoms with Gasteiger partial charge in [-0.1, -0.05) is 179 Å². The van der Waals surface area contributed by atoms with Gasteiger partial charge in [-0.3, -0.25) is 0 Å². The normalized spacial score (nSPS) is 15.6. The maximum atomic E-state index is 6.72. The third-order valence-electron chi connectivity index (χ3n) is 14.4. The van der Waals surface area contributed by atoms with Crippen molar-refractivity contribution in [3.05, 3.63) is 222 Å². The molecule has 0 amide bonds. The molecule has 0 saturated heterocycles. The Morgan fingerprint density at radius 3 is 1.68 bits per heavy atom. The van der Waals surface area contributed by atoms with Gasteiger partial charge in [-0.25, -0.2) is 0 Å². The van der Waals surface area contributed by atoms with E-state index >= 15 is 0 Å². The van der Waals surface area contributed by atoms with E-state index in [9.17, 15) is 0 Å². The molecule has 1 atom stereocenters. The van der Waals surface area contributed by atoms with Crippen LogP contribution < -0.4 is 4.90 Å². The second kappa shape index (κ2) is 14.1. The summed E-state index contributed by atoms with van der Waals surface area (Å²) in [5.74, 6) is 0. The smallest absolute Gasteiger partial charge is 0.136 e. The van der Waals surface area contributed by atoms with Crippen molar-refractivity contribution in [2.24, 2.45) is 0 Å². The Morgan fingerprint density at radius 2 is 0.937 bits per heavy atom. The minimum atomic E-state index is -0.150. The molecule has 10 aromatic rings. The molecule has 2 aliphatic carbocycles. The van der Waals surface area contributed by atoms with Gasteiger partial charge in [0.1, 0.15) is 11.2 Å². The van der Waals surface area contributed by atoms with E-state index in [2.05, 4.69) is 233 Å². The molecular formula is C61H47NO. The molecule has 0 bridgehead atoms. The van der Waals surface area contributed by atoms with Crippen LogP contribution in [0.1, 0.15) is 56.4 Å². The molecule has 0 radical (unpaired) electrons. The van der Waals surface area contributed by atoms with Crippen molar-refractivity contribution in [3.63, 3.8) is 0 Å². The number of furan rings is 1. The molecule has 1 heterocycles. The first-order chi connectivity index (χ1) is 30.8. The van der Waals surface area contributed by atoms with Crippen molar-refractivity contribution in [3.8, 4) is 55.6 Å². The molecule has 2 heteroatoms. The van der Waals surface area contributed by atoms with Crippen LogP contribution in [-0.2, 0) is 10.8 Å². The van der Waals surface area contributed by atoms with Crippen molar-refractivity contribution in [1.29, 1.82) is 0 Å². The van der Waals surface area contributed by atoms with Crippen LogP contribution in [0.2, 0.25) is 0 Å². The number of fused-ring (bicyclic) bond motifs is 10. The molecule has 2 nitrogen and oxygen atoms in total. The van der Waals surface area contributed by atoms with E-state index in [0.29, 0.717) is 0 Å². The lowest BCUT2D eigenvalue weighted by atomic mass is 9.78. The first-order valence-electron chi connectivity index (χ1n) is 22.3. The third-order valence-corrected chi connectivity index (χ3v) is 14.4. The minimum Gasteiger partial charge on any atom is -0.456 e. The topological polar surface area (TPSA) is 16.4 Å². The quantitative estimate of drug-likeness (QED) is 0.159. The first-order valence-corrected chi connectivity index (χ1v) is 22.3. The molecule has 0 aliphatic heterocycles. The van der Waals surface area contributed by atoms with Gasteiger partial charge in [-0.15, -0.1) is 0 Å². The molecular weight excluding hydrogens is 763 g/mol. The second-order valence-corrected chi connectivity index (χ2v) is 18.2. The van der Waals surface area contributed by atoms with E-state index < -0.39 is 0 Å². The van der Waals surface area contributed by atoms with Crippen LogP contribution >= 0.6 is 0 Å². The zero-order chi connectivity index (χ0) is 42.5. The number of hydrogen-bond donors (Lipinski definition) is 0. The van der Waals surface area contributed by atoms with Gasteiger partial charge < -0.3 is 9.32 Å². The Hall–Kier alpha value is -7.42. The Bertz CT molecular complexity index is 3410. The predicted octanol–water partition coefficient (Wildman–Crippen LogP) is 17.1. The molecule has 0 spiro atoms. The monoisotopic (exact) mass is 809 g/mol. The maximum Gasteiger partial charge on any atom is 0.136 e. The van der Waals surface area contributed by atoms with Gasteiger partial charge in [0.25, 0.3) is 0 Å². The molecule has 0 N–H and O–H groups in total. The lowest BCUT2D eigenvalue weighted by Crippen LogP contribution is -2.18. The van der Waals surface area contributed by atoms with Crippen LogP contribution in [0.25, 0.3) is 77.6 Å². The van der Waals surface area contributed by atoms with Gasteiger partial charge in [-0.05, 0) is 133 Å². The van der Waals surface area contributed by atoms with Crippen molar-refractivity contribution in [2.45, 2.75) is 44.9 Å². The Labute approximate surface area is 369 Å². The van der Waals surface area contributed by atoms with E-state index in [-0.39, 0.29) is 10.8 Å². The molecule has 1 unspecified atom stereocenters. The van der Waals surface area contributed by atoms with Crippen molar-refractivity contribution in [1.82, 2.24) is 0 Å². The van der Waals surface area contributed by atoms with Crippen molar-refractivity contribution >= 4 is 39.0 Å². The summed E-state index contributed by atoms with van der Waals surface area (Å²) in [4.78, 5) is 2.46. The standard InChI is InChI=1S/C61H47NO/c1-5-61(4)53-23-15-13-21-49(53)58-54(61)33-35-57-59(58)51-37-44(30-34-56(51)63-57)62(45-29-32-48-47-20-12-14-22-52(47)60(2,3)55(48)38-45)43-28-31-46(50(36-43)41-18-10-7-11-19-41)42-26-24-40(25-27-42)39-16-8-6-9-17-39/h6-38H,5H2,1-4H3. The summed E-state index contributed by atoms with van der Waals surface area (Å²) in [6.45, 7) is 9.44. The summed E-state index contributed by atoms with van der Waals surface area (Å²) in [7, 11) is 0. The summed E-state index contributed by atoms with van der Waals surface area (Å²) in [5.41, 5.74) is 22.8. The highest BCUT2D eigenvalue weighted by Gasteiger charge is 2.40. The van der Waals surface area contributed by atoms with Gasteiger partial charge in [0, 0.05) is 38.7 Å². The van der Waals surface area contributed by atoms with E-state index in [0.717, 1.165) is 40.0 Å². The molecule has 63 heavy (non-hydrogen) atoms. The van der Waals surface area contributed by atoms with Crippen LogP contribution in [0.5, 0.6) is 0 Å². The maximum absolute atomic E-state index is 6.72. The third kappa shape index (κ3) is 5.64. The van der Waals surface area contributed by atoms with Crippen molar-refractivity contribution < 1.29 is 4.42 Å². The van der Waals surface area contributed by atoms with E-state index in [1.54, 1.807) is 0 Å². The average molecular weight is 810 g/mol. The fourth-order valence-electron chi connectivity index (χ4n) is 11.0. The fraction of sp³-hybridized carbons (Fsp3) is 0.115. The first kappa shape index (κ1) is 37.4. The van der Waals surface area contributed by atoms with Gasteiger partial charge in [-0.2, -0.15) is 0 Å². The summed E-state index contributed by atoms with van der Waals surface area (Å²) in [6.07, 6.45) is 1.02. The average Bonchev–Trinajstić information content (AvgIpc) is 3.92. The van der Waals surface area contributed by atoms with Crippen molar-refractivity contribution in [2.75, 3.05) is 4.90 Å².